The van der Waals surface area contributed by atoms with Crippen molar-refractivity contribution < 1.29 is 13.2 Å². The lowest BCUT2D eigenvalue weighted by atomic mass is 10.1. The van der Waals surface area contributed by atoms with Gasteiger partial charge in [0, 0.05) is 33.9 Å². The second-order valence-electron chi connectivity index (χ2n) is 4.84. The topological polar surface area (TPSA) is 54.5 Å². The van der Waals surface area contributed by atoms with E-state index in [2.05, 4.69) is 0 Å². The van der Waals surface area contributed by atoms with E-state index in [9.17, 15) is 13.2 Å². The van der Waals surface area contributed by atoms with Crippen LogP contribution in [-0.4, -0.2) is 31.8 Å². The standard InChI is InChI=1S/C13H15Cl2NO3S/c1-3-16(10-4-5-10)13(17)11-6-9(14)7-12(8(11)2)20(15,18)19/h6-7,10H,3-5H2,1-2H3. The summed E-state index contributed by atoms with van der Waals surface area (Å²) in [7, 11) is 1.46. The Balaban J connectivity index is 2.51. The van der Waals surface area contributed by atoms with Gasteiger partial charge in [0.2, 0.25) is 0 Å². The van der Waals surface area contributed by atoms with Crippen LogP contribution in [0.3, 0.4) is 0 Å². The molecule has 7 heteroatoms. The molecule has 0 heterocycles. The Labute approximate surface area is 128 Å². The van der Waals surface area contributed by atoms with Crippen molar-refractivity contribution in [2.75, 3.05) is 6.54 Å². The summed E-state index contributed by atoms with van der Waals surface area (Å²) in [6.07, 6.45) is 1.97. The average Bonchev–Trinajstić information content (AvgIpc) is 3.15. The molecule has 0 N–H and O–H groups in total. The fraction of sp³-hybridized carbons (Fsp3) is 0.462. The Morgan fingerprint density at radius 2 is 2.00 bits per heavy atom. The highest BCUT2D eigenvalue weighted by Crippen LogP contribution is 2.31. The van der Waals surface area contributed by atoms with E-state index < -0.39 is 9.05 Å². The minimum absolute atomic E-state index is 0.109. The second kappa shape index (κ2) is 5.54. The molecule has 0 aliphatic heterocycles. The molecule has 0 saturated heterocycles. The Morgan fingerprint density at radius 3 is 2.45 bits per heavy atom. The lowest BCUT2D eigenvalue weighted by Crippen LogP contribution is -2.33. The van der Waals surface area contributed by atoms with Crippen LogP contribution in [0.1, 0.15) is 35.7 Å². The molecule has 1 fully saturated rings. The molecule has 1 aliphatic carbocycles. The summed E-state index contributed by atoms with van der Waals surface area (Å²) < 4.78 is 23.1. The quantitative estimate of drug-likeness (QED) is 0.794. The Hall–Kier alpha value is -0.780. The zero-order valence-corrected chi connectivity index (χ0v) is 13.5. The number of nitrogens with zero attached hydrogens (tertiary/aromatic N) is 1. The first-order valence-corrected chi connectivity index (χ1v) is 9.00. The van der Waals surface area contributed by atoms with E-state index in [1.807, 2.05) is 6.92 Å². The Kier molecular flexibility index (Phi) is 4.33. The van der Waals surface area contributed by atoms with Gasteiger partial charge in [-0.3, -0.25) is 4.79 Å². The van der Waals surface area contributed by atoms with Crippen LogP contribution in [0.4, 0.5) is 0 Å². The first-order valence-electron chi connectivity index (χ1n) is 6.31. The monoisotopic (exact) mass is 335 g/mol. The zero-order valence-electron chi connectivity index (χ0n) is 11.2. The lowest BCUT2D eigenvalue weighted by Gasteiger charge is -2.22. The molecule has 0 bridgehead atoms. The number of rotatable bonds is 4. The average molecular weight is 336 g/mol. The van der Waals surface area contributed by atoms with Gasteiger partial charge < -0.3 is 4.90 Å². The maximum atomic E-state index is 12.5. The molecule has 1 aliphatic rings. The lowest BCUT2D eigenvalue weighted by molar-refractivity contribution is 0.0751. The van der Waals surface area contributed by atoms with Gasteiger partial charge in [-0.1, -0.05) is 11.6 Å². The number of carbonyl (C=O) groups excluding carboxylic acids is 1. The van der Waals surface area contributed by atoms with Gasteiger partial charge in [0.15, 0.2) is 0 Å². The van der Waals surface area contributed by atoms with Crippen LogP contribution in [0.15, 0.2) is 17.0 Å². The van der Waals surface area contributed by atoms with Crippen LogP contribution in [0.2, 0.25) is 5.02 Å². The SMILES string of the molecule is CCN(C(=O)c1cc(Cl)cc(S(=O)(=O)Cl)c1C)C1CC1. The molecule has 0 aromatic heterocycles. The fourth-order valence-corrected chi connectivity index (χ4v) is 3.75. The summed E-state index contributed by atoms with van der Waals surface area (Å²) in [6, 6.07) is 3.01. The van der Waals surface area contributed by atoms with Gasteiger partial charge in [0.1, 0.15) is 0 Å². The summed E-state index contributed by atoms with van der Waals surface area (Å²) >= 11 is 5.92. The van der Waals surface area contributed by atoms with Gasteiger partial charge in [-0.05, 0) is 44.4 Å². The largest absolute Gasteiger partial charge is 0.336 e. The normalized spacial score (nSPS) is 15.2. The van der Waals surface area contributed by atoms with Gasteiger partial charge in [-0.25, -0.2) is 8.42 Å². The number of hydrogen-bond donors (Lipinski definition) is 0. The molecule has 2 rings (SSSR count). The van der Waals surface area contributed by atoms with E-state index >= 15 is 0 Å². The first-order chi connectivity index (χ1) is 9.25. The highest BCUT2D eigenvalue weighted by atomic mass is 35.7. The molecule has 0 radical (unpaired) electrons. The number of hydrogen-bond acceptors (Lipinski definition) is 3. The molecule has 0 spiro atoms. The zero-order chi connectivity index (χ0) is 15.1. The molecule has 1 amide bonds. The van der Waals surface area contributed by atoms with Crippen molar-refractivity contribution in [3.8, 4) is 0 Å². The van der Waals surface area contributed by atoms with Crippen molar-refractivity contribution in [2.45, 2.75) is 37.6 Å². The van der Waals surface area contributed by atoms with Crippen molar-refractivity contribution in [2.24, 2.45) is 0 Å². The van der Waals surface area contributed by atoms with E-state index in [0.717, 1.165) is 12.8 Å². The molecule has 0 unspecified atom stereocenters. The second-order valence-corrected chi connectivity index (χ2v) is 7.81. The highest BCUT2D eigenvalue weighted by molar-refractivity contribution is 8.13. The predicted octanol–water partition coefficient (Wildman–Crippen LogP) is 3.20. The van der Waals surface area contributed by atoms with Crippen LogP contribution in [0.25, 0.3) is 0 Å². The minimum Gasteiger partial charge on any atom is -0.336 e. The van der Waals surface area contributed by atoms with Gasteiger partial charge in [0.25, 0.3) is 15.0 Å². The fourth-order valence-electron chi connectivity index (χ4n) is 2.24. The van der Waals surface area contributed by atoms with E-state index in [1.165, 1.54) is 12.1 Å². The molecule has 20 heavy (non-hydrogen) atoms. The van der Waals surface area contributed by atoms with Crippen LogP contribution < -0.4 is 0 Å². The van der Waals surface area contributed by atoms with Crippen LogP contribution in [-0.2, 0) is 9.05 Å². The summed E-state index contributed by atoms with van der Waals surface area (Å²) in [5, 5.41) is 0.185. The van der Waals surface area contributed by atoms with Gasteiger partial charge in [0.05, 0.1) is 4.90 Å². The molecule has 4 nitrogen and oxygen atoms in total. The van der Waals surface area contributed by atoms with Gasteiger partial charge in [-0.2, -0.15) is 0 Å². The number of amides is 1. The number of benzene rings is 1. The smallest absolute Gasteiger partial charge is 0.261 e. The highest BCUT2D eigenvalue weighted by Gasteiger charge is 2.33. The molecule has 1 saturated carbocycles. The summed E-state index contributed by atoms with van der Waals surface area (Å²) in [5.41, 5.74) is 0.638. The molecular weight excluding hydrogens is 321 g/mol. The maximum absolute atomic E-state index is 12.5. The van der Waals surface area contributed by atoms with Gasteiger partial charge >= 0.3 is 0 Å². The first kappa shape index (κ1) is 15.6. The summed E-state index contributed by atoms with van der Waals surface area (Å²) in [4.78, 5) is 14.2. The van der Waals surface area contributed by atoms with Crippen molar-refractivity contribution in [1.29, 1.82) is 0 Å². The van der Waals surface area contributed by atoms with Crippen molar-refractivity contribution in [3.05, 3.63) is 28.3 Å². The third-order valence-electron chi connectivity index (χ3n) is 3.41. The van der Waals surface area contributed by atoms with Crippen LogP contribution >= 0.6 is 22.3 Å². The molecule has 1 aromatic carbocycles. The van der Waals surface area contributed by atoms with Crippen molar-refractivity contribution >= 4 is 37.2 Å². The van der Waals surface area contributed by atoms with Gasteiger partial charge in [-0.15, -0.1) is 0 Å². The molecule has 0 atom stereocenters. The van der Waals surface area contributed by atoms with E-state index in [1.54, 1.807) is 11.8 Å². The van der Waals surface area contributed by atoms with Crippen molar-refractivity contribution in [1.82, 2.24) is 4.90 Å². The van der Waals surface area contributed by atoms with E-state index in [4.69, 9.17) is 22.3 Å². The molecular formula is C13H15Cl2NO3S. The third kappa shape index (κ3) is 3.10. The van der Waals surface area contributed by atoms with E-state index in [0.29, 0.717) is 17.7 Å². The summed E-state index contributed by atoms with van der Waals surface area (Å²) in [6.45, 7) is 4.05. The number of carbonyl (C=O) groups is 1. The minimum atomic E-state index is -3.93. The number of halogens is 2. The Bertz CT molecular complexity index is 654. The summed E-state index contributed by atoms with van der Waals surface area (Å²) in [5.74, 6) is -0.198. The van der Waals surface area contributed by atoms with E-state index in [-0.39, 0.29) is 21.9 Å². The molecule has 110 valence electrons. The van der Waals surface area contributed by atoms with Crippen molar-refractivity contribution in [3.63, 3.8) is 0 Å². The van der Waals surface area contributed by atoms with Crippen LogP contribution in [0.5, 0.6) is 0 Å². The predicted molar refractivity (Wildman–Crippen MR) is 79.0 cm³/mol. The Morgan fingerprint density at radius 1 is 1.40 bits per heavy atom. The maximum Gasteiger partial charge on any atom is 0.261 e. The van der Waals surface area contributed by atoms with Crippen LogP contribution in [0, 0.1) is 6.92 Å². The third-order valence-corrected chi connectivity index (χ3v) is 5.07. The molecule has 1 aromatic rings.